The lowest BCUT2D eigenvalue weighted by molar-refractivity contribution is -0.275. The number of carbonyl (C=O) groups excluding carboxylic acids is 1. The molecule has 5 nitrogen and oxygen atoms in total. The van der Waals surface area contributed by atoms with Crippen molar-refractivity contribution in [2.45, 2.75) is 31.3 Å². The summed E-state index contributed by atoms with van der Waals surface area (Å²) in [5, 5.41) is 2.84. The van der Waals surface area contributed by atoms with Gasteiger partial charge >= 0.3 is 12.7 Å². The van der Waals surface area contributed by atoms with E-state index in [0.717, 1.165) is 29.8 Å². The number of nitrogens with one attached hydrogen (secondary N) is 1. The van der Waals surface area contributed by atoms with Gasteiger partial charge in [-0.2, -0.15) is 0 Å². The maximum Gasteiger partial charge on any atom is 0.573 e. The SMILES string of the molecule is O=C(COCc1ccccc1)NC(Cc1ccccc1)(c1cccc(OC(F)(F)F)c1)c1cccc(OC(F)(F)F)c1. The average Bonchev–Trinajstić information content (AvgIpc) is 2.92. The fourth-order valence-electron chi connectivity index (χ4n) is 4.49. The van der Waals surface area contributed by atoms with Crippen LogP contribution in [-0.4, -0.2) is 25.2 Å². The molecule has 0 heterocycles. The van der Waals surface area contributed by atoms with Crippen LogP contribution < -0.4 is 14.8 Å². The molecule has 0 aliphatic carbocycles. The van der Waals surface area contributed by atoms with Gasteiger partial charge in [-0.15, -0.1) is 26.3 Å². The Morgan fingerprint density at radius 3 is 1.57 bits per heavy atom. The van der Waals surface area contributed by atoms with E-state index in [1.54, 1.807) is 54.6 Å². The van der Waals surface area contributed by atoms with Gasteiger partial charge in [-0.05, 0) is 46.5 Å². The third-order valence-electron chi connectivity index (χ3n) is 6.13. The summed E-state index contributed by atoms with van der Waals surface area (Å²) in [6.07, 6.45) is -10.1. The minimum Gasteiger partial charge on any atom is -0.406 e. The van der Waals surface area contributed by atoms with Crippen LogP contribution >= 0.6 is 0 Å². The summed E-state index contributed by atoms with van der Waals surface area (Å²) < 4.78 is 92.5. The van der Waals surface area contributed by atoms with Gasteiger partial charge in [0.25, 0.3) is 0 Å². The van der Waals surface area contributed by atoms with Crippen molar-refractivity contribution in [3.8, 4) is 11.5 Å². The third kappa shape index (κ3) is 8.74. The summed E-state index contributed by atoms with van der Waals surface area (Å²) >= 11 is 0. The monoisotopic (exact) mass is 589 g/mol. The van der Waals surface area contributed by atoms with Gasteiger partial charge in [-0.1, -0.05) is 84.9 Å². The smallest absolute Gasteiger partial charge is 0.406 e. The lowest BCUT2D eigenvalue weighted by atomic mass is 9.77. The first-order chi connectivity index (χ1) is 19.9. The van der Waals surface area contributed by atoms with Crippen molar-refractivity contribution in [3.63, 3.8) is 0 Å². The third-order valence-corrected chi connectivity index (χ3v) is 6.13. The van der Waals surface area contributed by atoms with Crippen molar-refractivity contribution in [3.05, 3.63) is 131 Å². The molecular weight excluding hydrogens is 564 g/mol. The molecule has 0 aliphatic heterocycles. The molecule has 4 aromatic rings. The second-order valence-electron chi connectivity index (χ2n) is 9.25. The summed E-state index contributed by atoms with van der Waals surface area (Å²) in [4.78, 5) is 13.4. The van der Waals surface area contributed by atoms with Gasteiger partial charge < -0.3 is 19.5 Å². The van der Waals surface area contributed by atoms with E-state index in [9.17, 15) is 31.1 Å². The molecule has 0 spiro atoms. The second kappa shape index (κ2) is 13.0. The van der Waals surface area contributed by atoms with Crippen LogP contribution in [-0.2, 0) is 28.1 Å². The van der Waals surface area contributed by atoms with Crippen LogP contribution in [0.25, 0.3) is 0 Å². The van der Waals surface area contributed by atoms with Crippen molar-refractivity contribution >= 4 is 5.91 Å². The molecule has 220 valence electrons. The fraction of sp³-hybridized carbons (Fsp3) is 0.194. The van der Waals surface area contributed by atoms with Crippen LogP contribution in [0.2, 0.25) is 0 Å². The zero-order valence-corrected chi connectivity index (χ0v) is 21.9. The van der Waals surface area contributed by atoms with E-state index in [-0.39, 0.29) is 24.2 Å². The molecule has 4 rings (SSSR count). The minimum absolute atomic E-state index is 0.0524. The Bertz CT molecular complexity index is 1400. The number of alkyl halides is 6. The Hall–Kier alpha value is -4.51. The molecular formula is C31H25F6NO4. The molecule has 0 saturated carbocycles. The van der Waals surface area contributed by atoms with Crippen LogP contribution in [0.15, 0.2) is 109 Å². The Labute approximate surface area is 237 Å². The van der Waals surface area contributed by atoms with E-state index < -0.39 is 42.3 Å². The molecule has 0 unspecified atom stereocenters. The molecule has 0 bridgehead atoms. The van der Waals surface area contributed by atoms with E-state index >= 15 is 0 Å². The van der Waals surface area contributed by atoms with Crippen LogP contribution in [0.3, 0.4) is 0 Å². The van der Waals surface area contributed by atoms with Gasteiger partial charge in [0, 0.05) is 6.42 Å². The van der Waals surface area contributed by atoms with Gasteiger partial charge in [0.2, 0.25) is 5.91 Å². The number of hydrogen-bond acceptors (Lipinski definition) is 4. The van der Waals surface area contributed by atoms with Crippen LogP contribution in [0.1, 0.15) is 22.3 Å². The van der Waals surface area contributed by atoms with Crippen molar-refractivity contribution in [1.29, 1.82) is 0 Å². The lowest BCUT2D eigenvalue weighted by Crippen LogP contribution is -2.49. The maximum absolute atomic E-state index is 13.4. The standard InChI is InChI=1S/C31H25F6NO4/c32-30(33,34)41-26-15-7-13-24(17-26)29(19-22-9-3-1-4-10-22,25-14-8-16-27(18-25)42-31(35,36)37)38-28(39)21-40-20-23-11-5-2-6-12-23/h1-18H,19-21H2,(H,38,39). The van der Waals surface area contributed by atoms with Gasteiger partial charge in [-0.3, -0.25) is 4.79 Å². The summed E-state index contributed by atoms with van der Waals surface area (Å²) in [7, 11) is 0. The number of rotatable bonds is 11. The summed E-state index contributed by atoms with van der Waals surface area (Å²) in [5.41, 5.74) is -0.00529. The number of halogens is 6. The van der Waals surface area contributed by atoms with E-state index in [4.69, 9.17) is 4.74 Å². The number of hydrogen-bond donors (Lipinski definition) is 1. The normalized spacial score (nSPS) is 12.0. The van der Waals surface area contributed by atoms with E-state index in [1.807, 2.05) is 6.07 Å². The Kier molecular flexibility index (Phi) is 9.41. The molecule has 11 heteroatoms. The van der Waals surface area contributed by atoms with Gasteiger partial charge in [0.15, 0.2) is 0 Å². The van der Waals surface area contributed by atoms with Crippen LogP contribution in [0, 0.1) is 0 Å². The summed E-state index contributed by atoms with van der Waals surface area (Å²) in [6.45, 7) is -0.341. The molecule has 0 radical (unpaired) electrons. The molecule has 1 N–H and O–H groups in total. The highest BCUT2D eigenvalue weighted by molar-refractivity contribution is 5.79. The van der Waals surface area contributed by atoms with Gasteiger partial charge in [0.05, 0.1) is 12.1 Å². The molecule has 0 aliphatic rings. The summed E-state index contributed by atoms with van der Waals surface area (Å²) in [6, 6.07) is 27.5. The predicted octanol–water partition coefficient (Wildman–Crippen LogP) is 7.30. The largest absolute Gasteiger partial charge is 0.573 e. The minimum atomic E-state index is -5.00. The van der Waals surface area contributed by atoms with E-state index in [2.05, 4.69) is 14.8 Å². The second-order valence-corrected chi connectivity index (χ2v) is 9.25. The Morgan fingerprint density at radius 1 is 0.619 bits per heavy atom. The van der Waals surface area contributed by atoms with Crippen molar-refractivity contribution in [2.75, 3.05) is 6.61 Å². The van der Waals surface area contributed by atoms with Crippen LogP contribution in [0.4, 0.5) is 26.3 Å². The average molecular weight is 590 g/mol. The molecule has 0 atom stereocenters. The number of amides is 1. The van der Waals surface area contributed by atoms with Crippen molar-refractivity contribution in [2.24, 2.45) is 0 Å². The first-order valence-corrected chi connectivity index (χ1v) is 12.6. The zero-order chi connectivity index (χ0) is 30.2. The van der Waals surface area contributed by atoms with Gasteiger partial charge in [0.1, 0.15) is 18.1 Å². The highest BCUT2D eigenvalue weighted by Gasteiger charge is 2.39. The molecule has 0 saturated heterocycles. The van der Waals surface area contributed by atoms with E-state index in [0.29, 0.717) is 5.56 Å². The Morgan fingerprint density at radius 2 is 1.10 bits per heavy atom. The fourth-order valence-corrected chi connectivity index (χ4v) is 4.49. The van der Waals surface area contributed by atoms with Crippen molar-refractivity contribution in [1.82, 2.24) is 5.32 Å². The number of ether oxygens (including phenoxy) is 3. The number of benzene rings is 4. The van der Waals surface area contributed by atoms with E-state index in [1.165, 1.54) is 24.3 Å². The highest BCUT2D eigenvalue weighted by atomic mass is 19.4. The molecule has 42 heavy (non-hydrogen) atoms. The lowest BCUT2D eigenvalue weighted by Gasteiger charge is -2.37. The quantitative estimate of drug-likeness (QED) is 0.187. The Balaban J connectivity index is 1.79. The van der Waals surface area contributed by atoms with Gasteiger partial charge in [-0.25, -0.2) is 0 Å². The molecule has 0 aromatic heterocycles. The topological polar surface area (TPSA) is 56.8 Å². The van der Waals surface area contributed by atoms with Crippen LogP contribution in [0.5, 0.6) is 11.5 Å². The number of carbonyl (C=O) groups is 1. The summed E-state index contributed by atoms with van der Waals surface area (Å²) in [5.74, 6) is -1.81. The molecule has 4 aromatic carbocycles. The predicted molar refractivity (Wildman–Crippen MR) is 141 cm³/mol. The highest BCUT2D eigenvalue weighted by Crippen LogP contribution is 2.38. The maximum atomic E-state index is 13.4. The first-order valence-electron chi connectivity index (χ1n) is 12.6. The molecule has 1 amide bonds. The first kappa shape index (κ1) is 30.4. The molecule has 0 fully saturated rings. The zero-order valence-electron chi connectivity index (χ0n) is 21.9. The van der Waals surface area contributed by atoms with Crippen molar-refractivity contribution < 1.29 is 45.3 Å².